The van der Waals surface area contributed by atoms with Gasteiger partial charge in [-0.2, -0.15) is 10.2 Å². The molecule has 4 heterocycles. The quantitative estimate of drug-likeness (QED) is 0.420. The first-order chi connectivity index (χ1) is 15.9. The maximum Gasteiger partial charge on any atom is 0.247 e. The minimum absolute atomic E-state index is 0.00888. The van der Waals surface area contributed by atoms with Crippen molar-refractivity contribution in [3.63, 3.8) is 0 Å². The molecule has 8 nitrogen and oxygen atoms in total. The van der Waals surface area contributed by atoms with Crippen molar-refractivity contribution in [1.29, 1.82) is 0 Å². The molecule has 0 saturated carbocycles. The van der Waals surface area contributed by atoms with Crippen molar-refractivity contribution >= 4 is 33.4 Å². The van der Waals surface area contributed by atoms with E-state index in [-0.39, 0.29) is 18.3 Å². The Balaban J connectivity index is 1.39. The summed E-state index contributed by atoms with van der Waals surface area (Å²) in [6.07, 6.45) is 3.43. The predicted molar refractivity (Wildman–Crippen MR) is 125 cm³/mol. The van der Waals surface area contributed by atoms with Crippen LogP contribution in [-0.4, -0.2) is 35.4 Å². The molecule has 10 heteroatoms. The Morgan fingerprint density at radius 1 is 1.15 bits per heavy atom. The third-order valence-electron chi connectivity index (χ3n) is 5.52. The van der Waals surface area contributed by atoms with Crippen LogP contribution in [0, 0.1) is 19.7 Å². The van der Waals surface area contributed by atoms with Crippen molar-refractivity contribution in [3.8, 4) is 22.4 Å². The van der Waals surface area contributed by atoms with Gasteiger partial charge in [0.15, 0.2) is 10.8 Å². The fraction of sp³-hybridized carbons (Fsp3) is 0.174. The van der Waals surface area contributed by atoms with E-state index in [2.05, 4.69) is 25.5 Å². The molecule has 0 atom stereocenters. The van der Waals surface area contributed by atoms with E-state index < -0.39 is 0 Å². The van der Waals surface area contributed by atoms with Gasteiger partial charge in [-0.25, -0.2) is 19.0 Å². The summed E-state index contributed by atoms with van der Waals surface area (Å²) >= 11 is 1.35. The monoisotopic (exact) mass is 461 g/mol. The molecule has 0 unspecified atom stereocenters. The van der Waals surface area contributed by atoms with Gasteiger partial charge in [0.25, 0.3) is 0 Å². The van der Waals surface area contributed by atoms with Gasteiger partial charge in [0, 0.05) is 35.3 Å². The second kappa shape index (κ2) is 8.21. The molecule has 0 aliphatic carbocycles. The molecule has 0 aliphatic heterocycles. The molecule has 166 valence electrons. The molecule has 4 aromatic heterocycles. The number of amides is 1. The van der Waals surface area contributed by atoms with Crippen LogP contribution in [0.1, 0.15) is 11.4 Å². The average molecular weight is 462 g/mol. The van der Waals surface area contributed by atoms with Gasteiger partial charge >= 0.3 is 0 Å². The van der Waals surface area contributed by atoms with Gasteiger partial charge in [0.2, 0.25) is 5.91 Å². The number of carbonyl (C=O) groups excluding carboxylic acids is 1. The maximum absolute atomic E-state index is 13.4. The highest BCUT2D eigenvalue weighted by atomic mass is 32.1. The highest BCUT2D eigenvalue weighted by Crippen LogP contribution is 2.30. The Morgan fingerprint density at radius 3 is 2.67 bits per heavy atom. The molecule has 5 aromatic rings. The molecular weight excluding hydrogens is 441 g/mol. The molecule has 0 bridgehead atoms. The van der Waals surface area contributed by atoms with Gasteiger partial charge in [-0.15, -0.1) is 11.3 Å². The first-order valence-electron chi connectivity index (χ1n) is 10.2. The number of halogens is 1. The van der Waals surface area contributed by atoms with Crippen LogP contribution in [0.15, 0.2) is 48.1 Å². The zero-order valence-electron chi connectivity index (χ0n) is 18.2. The molecule has 0 radical (unpaired) electrons. The van der Waals surface area contributed by atoms with Gasteiger partial charge < -0.3 is 5.32 Å². The molecule has 5 rings (SSSR count). The summed E-state index contributed by atoms with van der Waals surface area (Å²) in [7, 11) is 1.87. The minimum Gasteiger partial charge on any atom is -0.300 e. The van der Waals surface area contributed by atoms with Crippen LogP contribution < -0.4 is 5.32 Å². The first kappa shape index (κ1) is 21.0. The summed E-state index contributed by atoms with van der Waals surface area (Å²) in [4.78, 5) is 21.7. The van der Waals surface area contributed by atoms with E-state index >= 15 is 0 Å². The fourth-order valence-electron chi connectivity index (χ4n) is 3.76. The molecule has 1 aromatic carbocycles. The highest BCUT2D eigenvalue weighted by molar-refractivity contribution is 7.14. The van der Waals surface area contributed by atoms with E-state index in [1.54, 1.807) is 33.9 Å². The van der Waals surface area contributed by atoms with E-state index in [0.717, 1.165) is 39.2 Å². The Labute approximate surface area is 192 Å². The maximum atomic E-state index is 13.4. The number of hydrogen-bond donors (Lipinski definition) is 1. The van der Waals surface area contributed by atoms with E-state index in [1.165, 1.54) is 23.5 Å². The number of anilines is 1. The van der Waals surface area contributed by atoms with Crippen molar-refractivity contribution in [3.05, 3.63) is 65.3 Å². The lowest BCUT2D eigenvalue weighted by Crippen LogP contribution is -2.19. The standard InChI is InChI=1S/C23H20FN7OS/c1-13-21-17(15-4-6-16(24)7-5-15)8-9-25-22(21)31(29-13)11-20(32)28-23-27-19(12-33-23)18-10-26-30(3)14(18)2/h4-10,12H,11H2,1-3H3,(H,27,28,32). The number of aromatic nitrogens is 6. The third-order valence-corrected chi connectivity index (χ3v) is 6.28. The number of rotatable bonds is 5. The summed E-state index contributed by atoms with van der Waals surface area (Å²) in [5.74, 6) is -0.547. The molecule has 0 aliphatic rings. The Kier molecular flexibility index (Phi) is 5.21. The first-order valence-corrected chi connectivity index (χ1v) is 11.1. The van der Waals surface area contributed by atoms with Crippen molar-refractivity contribution in [1.82, 2.24) is 29.5 Å². The number of thiazole rings is 1. The van der Waals surface area contributed by atoms with Crippen LogP contribution >= 0.6 is 11.3 Å². The van der Waals surface area contributed by atoms with Gasteiger partial charge in [0.05, 0.1) is 17.6 Å². The minimum atomic E-state index is -0.294. The molecule has 1 amide bonds. The zero-order valence-corrected chi connectivity index (χ0v) is 19.0. The smallest absolute Gasteiger partial charge is 0.247 e. The molecular formula is C23H20FN7OS. The van der Waals surface area contributed by atoms with E-state index in [9.17, 15) is 9.18 Å². The SMILES string of the molecule is Cc1nn(CC(=O)Nc2nc(-c3cnn(C)c3C)cs2)c2nccc(-c3ccc(F)cc3)c12. The molecule has 0 fully saturated rings. The van der Waals surface area contributed by atoms with E-state index in [4.69, 9.17) is 0 Å². The zero-order chi connectivity index (χ0) is 23.1. The second-order valence-corrected chi connectivity index (χ2v) is 8.52. The fourth-order valence-corrected chi connectivity index (χ4v) is 4.49. The van der Waals surface area contributed by atoms with Gasteiger partial charge in [-0.3, -0.25) is 9.48 Å². The van der Waals surface area contributed by atoms with Gasteiger partial charge in [-0.05, 0) is 43.2 Å². The number of pyridine rings is 1. The topological polar surface area (TPSA) is 90.5 Å². The van der Waals surface area contributed by atoms with E-state index in [1.807, 2.05) is 32.3 Å². The number of hydrogen-bond acceptors (Lipinski definition) is 6. The number of benzene rings is 1. The highest BCUT2D eigenvalue weighted by Gasteiger charge is 2.17. The number of nitrogens with one attached hydrogen (secondary N) is 1. The van der Waals surface area contributed by atoms with Crippen LogP contribution in [0.25, 0.3) is 33.4 Å². The summed E-state index contributed by atoms with van der Waals surface area (Å²) in [5.41, 5.74) is 5.79. The molecule has 1 N–H and O–H groups in total. The van der Waals surface area contributed by atoms with Crippen molar-refractivity contribution in [2.24, 2.45) is 7.05 Å². The lowest BCUT2D eigenvalue weighted by molar-refractivity contribution is -0.116. The average Bonchev–Trinajstić information content (AvgIpc) is 3.47. The molecule has 0 spiro atoms. The van der Waals surface area contributed by atoms with Gasteiger partial charge in [-0.1, -0.05) is 12.1 Å². The number of fused-ring (bicyclic) bond motifs is 1. The van der Waals surface area contributed by atoms with Crippen molar-refractivity contribution in [2.75, 3.05) is 5.32 Å². The Morgan fingerprint density at radius 2 is 1.94 bits per heavy atom. The second-order valence-electron chi connectivity index (χ2n) is 7.66. The predicted octanol–water partition coefficient (Wildman–Crippen LogP) is 4.35. The van der Waals surface area contributed by atoms with Crippen LogP contribution in [0.3, 0.4) is 0 Å². The summed E-state index contributed by atoms with van der Waals surface area (Å²) in [5, 5.41) is 14.8. The lowest BCUT2D eigenvalue weighted by Gasteiger charge is -2.06. The van der Waals surface area contributed by atoms with Crippen LogP contribution in [-0.2, 0) is 18.4 Å². The van der Waals surface area contributed by atoms with Crippen LogP contribution in [0.5, 0.6) is 0 Å². The largest absolute Gasteiger partial charge is 0.300 e. The lowest BCUT2D eigenvalue weighted by atomic mass is 10.0. The third kappa shape index (κ3) is 3.89. The summed E-state index contributed by atoms with van der Waals surface area (Å²) < 4.78 is 16.7. The van der Waals surface area contributed by atoms with Crippen LogP contribution in [0.2, 0.25) is 0 Å². The van der Waals surface area contributed by atoms with Crippen molar-refractivity contribution < 1.29 is 9.18 Å². The number of carbonyl (C=O) groups is 1. The summed E-state index contributed by atoms with van der Waals surface area (Å²) in [6.45, 7) is 3.83. The number of aryl methyl sites for hydroxylation is 2. The Hall–Kier alpha value is -3.92. The van der Waals surface area contributed by atoms with Crippen molar-refractivity contribution in [2.45, 2.75) is 20.4 Å². The Bertz CT molecular complexity index is 1480. The summed E-state index contributed by atoms with van der Waals surface area (Å²) in [6, 6.07) is 8.15. The van der Waals surface area contributed by atoms with Crippen LogP contribution in [0.4, 0.5) is 9.52 Å². The molecule has 33 heavy (non-hydrogen) atoms. The molecule has 0 saturated heterocycles. The van der Waals surface area contributed by atoms with Gasteiger partial charge in [0.1, 0.15) is 12.4 Å². The number of nitrogens with zero attached hydrogens (tertiary/aromatic N) is 6. The van der Waals surface area contributed by atoms with E-state index in [0.29, 0.717) is 10.8 Å². The normalized spacial score (nSPS) is 11.3.